The smallest absolute Gasteiger partial charge is 0.326 e. The minimum atomic E-state index is -0.0365. The molecule has 1 N–H and O–H groups in total. The number of carbonyl (C=O) groups excluding carboxylic acids is 1. The number of piperidine rings is 1. The molecule has 33 heavy (non-hydrogen) atoms. The molecule has 1 saturated heterocycles. The van der Waals surface area contributed by atoms with E-state index in [0.717, 1.165) is 49.9 Å². The van der Waals surface area contributed by atoms with Gasteiger partial charge in [-0.1, -0.05) is 12.1 Å². The molecule has 0 atom stereocenters. The molecule has 2 aromatic carbocycles. The van der Waals surface area contributed by atoms with Crippen molar-refractivity contribution in [2.45, 2.75) is 31.7 Å². The number of nitrogens with one attached hydrogen (secondary N) is 1. The van der Waals surface area contributed by atoms with Crippen LogP contribution in [-0.4, -0.2) is 61.2 Å². The van der Waals surface area contributed by atoms with Gasteiger partial charge in [0.1, 0.15) is 0 Å². The monoisotopic (exact) mass is 453 g/mol. The lowest BCUT2D eigenvalue weighted by molar-refractivity contribution is 0.0970. The van der Waals surface area contributed by atoms with E-state index >= 15 is 0 Å². The highest BCUT2D eigenvalue weighted by Crippen LogP contribution is 2.38. The molecule has 2 heterocycles. The quantitative estimate of drug-likeness (QED) is 0.498. The number of carbonyl (C=O) groups is 1. The summed E-state index contributed by atoms with van der Waals surface area (Å²) in [4.78, 5) is 30.6. The van der Waals surface area contributed by atoms with E-state index in [0.29, 0.717) is 29.2 Å². The molecule has 0 unspecified atom stereocenters. The Morgan fingerprint density at radius 1 is 1.03 bits per heavy atom. The second kappa shape index (κ2) is 10.1. The third-order valence-corrected chi connectivity index (χ3v) is 6.41. The minimum absolute atomic E-state index is 0.0365. The van der Waals surface area contributed by atoms with Gasteiger partial charge in [0.2, 0.25) is 5.75 Å². The highest BCUT2D eigenvalue weighted by atomic mass is 16.5. The minimum Gasteiger partial charge on any atom is -0.493 e. The first kappa shape index (κ1) is 22.9. The van der Waals surface area contributed by atoms with Gasteiger partial charge < -0.3 is 24.1 Å². The van der Waals surface area contributed by atoms with Crippen LogP contribution >= 0.6 is 0 Å². The van der Waals surface area contributed by atoms with Crippen molar-refractivity contribution in [1.29, 1.82) is 0 Å². The Morgan fingerprint density at radius 2 is 1.70 bits per heavy atom. The number of ketones is 1. The van der Waals surface area contributed by atoms with Crippen LogP contribution in [0.3, 0.4) is 0 Å². The number of benzene rings is 2. The molecule has 4 rings (SSSR count). The van der Waals surface area contributed by atoms with Crippen LogP contribution in [0.2, 0.25) is 0 Å². The maximum absolute atomic E-state index is 12.8. The number of para-hydroxylation sites is 2. The Labute approximate surface area is 193 Å². The second-order valence-electron chi connectivity index (χ2n) is 8.33. The van der Waals surface area contributed by atoms with Gasteiger partial charge in [-0.3, -0.25) is 9.36 Å². The van der Waals surface area contributed by atoms with Crippen molar-refractivity contribution in [3.05, 3.63) is 52.4 Å². The summed E-state index contributed by atoms with van der Waals surface area (Å²) >= 11 is 0. The third kappa shape index (κ3) is 4.75. The van der Waals surface area contributed by atoms with E-state index in [4.69, 9.17) is 14.2 Å². The highest BCUT2D eigenvalue weighted by molar-refractivity contribution is 5.97. The largest absolute Gasteiger partial charge is 0.493 e. The molecule has 0 spiro atoms. The van der Waals surface area contributed by atoms with Gasteiger partial charge in [-0.2, -0.15) is 0 Å². The molecule has 8 heteroatoms. The molecule has 3 aromatic rings. The summed E-state index contributed by atoms with van der Waals surface area (Å²) in [6.45, 7) is 2.68. The van der Waals surface area contributed by atoms with Gasteiger partial charge in [0.25, 0.3) is 0 Å². The summed E-state index contributed by atoms with van der Waals surface area (Å²) in [5.74, 6) is 1.49. The number of fused-ring (bicyclic) bond motifs is 1. The lowest BCUT2D eigenvalue weighted by Gasteiger charge is -2.32. The molecule has 1 fully saturated rings. The van der Waals surface area contributed by atoms with Crippen molar-refractivity contribution in [1.82, 2.24) is 14.5 Å². The Kier molecular flexibility index (Phi) is 7.03. The fraction of sp³-hybridized carbons (Fsp3) is 0.440. The zero-order valence-corrected chi connectivity index (χ0v) is 19.4. The Morgan fingerprint density at radius 3 is 2.33 bits per heavy atom. The molecule has 0 amide bonds. The first-order valence-corrected chi connectivity index (χ1v) is 11.3. The van der Waals surface area contributed by atoms with Gasteiger partial charge in [-0.05, 0) is 50.1 Å². The van der Waals surface area contributed by atoms with Gasteiger partial charge in [0.15, 0.2) is 17.3 Å². The zero-order chi connectivity index (χ0) is 23.4. The maximum Gasteiger partial charge on any atom is 0.326 e. The molecule has 176 valence electrons. The summed E-state index contributed by atoms with van der Waals surface area (Å²) < 4.78 is 17.9. The van der Waals surface area contributed by atoms with Crippen LogP contribution in [0.25, 0.3) is 11.0 Å². The van der Waals surface area contributed by atoms with Crippen LogP contribution in [-0.2, 0) is 0 Å². The normalized spacial score (nSPS) is 15.0. The average molecular weight is 454 g/mol. The molecule has 1 aliphatic heterocycles. The van der Waals surface area contributed by atoms with E-state index in [2.05, 4.69) is 9.88 Å². The average Bonchev–Trinajstić information content (AvgIpc) is 3.19. The predicted molar refractivity (Wildman–Crippen MR) is 127 cm³/mol. The maximum atomic E-state index is 12.8. The molecular formula is C25H31N3O5. The lowest BCUT2D eigenvalue weighted by atomic mass is 10.0. The number of rotatable bonds is 9. The fourth-order valence-electron chi connectivity index (χ4n) is 4.69. The highest BCUT2D eigenvalue weighted by Gasteiger charge is 2.23. The van der Waals surface area contributed by atoms with Crippen molar-refractivity contribution >= 4 is 16.8 Å². The molecule has 0 aliphatic carbocycles. The number of H-pyrrole nitrogens is 1. The molecule has 1 aromatic heterocycles. The molecule has 0 bridgehead atoms. The molecule has 0 radical (unpaired) electrons. The number of Topliss-reactive ketones (excluding diaryl/α,β-unsaturated/α-hetero) is 1. The predicted octanol–water partition coefficient (Wildman–Crippen LogP) is 3.66. The van der Waals surface area contributed by atoms with Crippen LogP contribution in [0.5, 0.6) is 17.2 Å². The Balaban J connectivity index is 1.31. The van der Waals surface area contributed by atoms with Crippen LogP contribution in [0.4, 0.5) is 0 Å². The molecule has 1 aliphatic rings. The SMILES string of the molecule is COc1cc(C(=O)CCCN2CCC(n3c(=O)[nH]c4ccccc43)CC2)cc(OC)c1OC. The van der Waals surface area contributed by atoms with E-state index in [1.165, 1.54) is 0 Å². The number of imidazole rings is 1. The number of aromatic amines is 1. The summed E-state index contributed by atoms with van der Waals surface area (Å²) in [5.41, 5.74) is 2.37. The standard InChI is InChI=1S/C25H31N3O5/c1-31-22-15-17(16-23(32-2)24(22)33-3)21(29)9-6-12-27-13-10-18(11-14-27)28-20-8-5-4-7-19(20)26-25(28)30/h4-5,7-8,15-16,18H,6,9-14H2,1-3H3,(H,26,30). The number of likely N-dealkylation sites (tertiary alicyclic amines) is 1. The summed E-state index contributed by atoms with van der Waals surface area (Å²) in [6, 6.07) is 11.4. The first-order valence-electron chi connectivity index (χ1n) is 11.3. The fourth-order valence-corrected chi connectivity index (χ4v) is 4.69. The number of hydrogen-bond donors (Lipinski definition) is 1. The second-order valence-corrected chi connectivity index (χ2v) is 8.33. The Bertz CT molecular complexity index is 1150. The van der Waals surface area contributed by atoms with Crippen molar-refractivity contribution in [2.24, 2.45) is 0 Å². The van der Waals surface area contributed by atoms with Crippen molar-refractivity contribution < 1.29 is 19.0 Å². The molecule has 0 saturated carbocycles. The summed E-state index contributed by atoms with van der Waals surface area (Å²) in [6.07, 6.45) is 3.05. The van der Waals surface area contributed by atoms with Gasteiger partial charge in [0, 0.05) is 31.1 Å². The number of nitrogens with zero attached hydrogens (tertiary/aromatic N) is 2. The number of ether oxygens (including phenoxy) is 3. The van der Waals surface area contributed by atoms with Crippen LogP contribution in [0.1, 0.15) is 42.1 Å². The number of methoxy groups -OCH3 is 3. The van der Waals surface area contributed by atoms with Gasteiger partial charge in [-0.15, -0.1) is 0 Å². The van der Waals surface area contributed by atoms with E-state index in [9.17, 15) is 9.59 Å². The van der Waals surface area contributed by atoms with Crippen LogP contribution in [0.15, 0.2) is 41.2 Å². The number of aromatic nitrogens is 2. The van der Waals surface area contributed by atoms with Crippen LogP contribution in [0, 0.1) is 0 Å². The van der Waals surface area contributed by atoms with Crippen LogP contribution < -0.4 is 19.9 Å². The van der Waals surface area contributed by atoms with E-state index in [1.54, 1.807) is 33.5 Å². The molecule has 8 nitrogen and oxygen atoms in total. The van der Waals surface area contributed by atoms with Crippen molar-refractivity contribution in [3.63, 3.8) is 0 Å². The van der Waals surface area contributed by atoms with Crippen molar-refractivity contribution in [3.8, 4) is 17.2 Å². The third-order valence-electron chi connectivity index (χ3n) is 6.41. The van der Waals surface area contributed by atoms with Gasteiger partial charge in [-0.25, -0.2) is 4.79 Å². The molecular weight excluding hydrogens is 422 g/mol. The van der Waals surface area contributed by atoms with Gasteiger partial charge in [0.05, 0.1) is 32.4 Å². The summed E-state index contributed by atoms with van der Waals surface area (Å²) in [7, 11) is 4.62. The topological polar surface area (TPSA) is 85.8 Å². The van der Waals surface area contributed by atoms with E-state index in [-0.39, 0.29) is 17.5 Å². The van der Waals surface area contributed by atoms with E-state index < -0.39 is 0 Å². The first-order chi connectivity index (χ1) is 16.0. The zero-order valence-electron chi connectivity index (χ0n) is 19.4. The van der Waals surface area contributed by atoms with Crippen molar-refractivity contribution in [2.75, 3.05) is 41.0 Å². The lowest BCUT2D eigenvalue weighted by Crippen LogP contribution is -2.37. The summed E-state index contributed by atoms with van der Waals surface area (Å²) in [5, 5.41) is 0. The number of hydrogen-bond acceptors (Lipinski definition) is 6. The Hall–Kier alpha value is -3.26. The van der Waals surface area contributed by atoms with E-state index in [1.807, 2.05) is 28.8 Å². The van der Waals surface area contributed by atoms with Gasteiger partial charge >= 0.3 is 5.69 Å².